The first-order valence-electron chi connectivity index (χ1n) is 11.0. The zero-order valence-electron chi connectivity index (χ0n) is 19.2. The van der Waals surface area contributed by atoms with E-state index in [-0.39, 0.29) is 6.42 Å². The van der Waals surface area contributed by atoms with E-state index in [0.717, 1.165) is 0 Å². The summed E-state index contributed by atoms with van der Waals surface area (Å²) in [5.41, 5.74) is 12.0. The average molecular weight is 496 g/mol. The van der Waals surface area contributed by atoms with Crippen molar-refractivity contribution in [1.82, 2.24) is 16.0 Å². The summed E-state index contributed by atoms with van der Waals surface area (Å²) in [6, 6.07) is 3.18. The van der Waals surface area contributed by atoms with E-state index in [1.807, 2.05) is 5.32 Å². The molecule has 35 heavy (non-hydrogen) atoms. The summed E-state index contributed by atoms with van der Waals surface area (Å²) in [5.74, 6) is -5.58. The fourth-order valence-electron chi connectivity index (χ4n) is 3.09. The first kappa shape index (κ1) is 29.5. The van der Waals surface area contributed by atoms with Gasteiger partial charge in [-0.25, -0.2) is 4.79 Å². The van der Waals surface area contributed by atoms with Gasteiger partial charge in [-0.2, -0.15) is 0 Å². The number of carboxylic acids is 2. The van der Waals surface area contributed by atoms with Crippen molar-refractivity contribution in [3.05, 3.63) is 35.9 Å². The van der Waals surface area contributed by atoms with Gasteiger partial charge in [0.05, 0.1) is 19.1 Å². The molecular formula is C22H33N5O8. The van der Waals surface area contributed by atoms with E-state index in [0.29, 0.717) is 31.4 Å². The molecule has 0 bridgehead atoms. The highest BCUT2D eigenvalue weighted by molar-refractivity contribution is 5.95. The molecule has 0 saturated heterocycles. The highest BCUT2D eigenvalue weighted by Crippen LogP contribution is 2.06. The summed E-state index contributed by atoms with van der Waals surface area (Å²) in [7, 11) is 0. The van der Waals surface area contributed by atoms with Gasteiger partial charge in [0, 0.05) is 6.42 Å². The summed E-state index contributed by atoms with van der Waals surface area (Å²) in [6.07, 6.45) is 0.775. The monoisotopic (exact) mass is 495 g/mol. The molecule has 0 aromatic heterocycles. The Kier molecular flexibility index (Phi) is 12.9. The van der Waals surface area contributed by atoms with Crippen LogP contribution in [0.15, 0.2) is 30.3 Å². The van der Waals surface area contributed by atoms with Gasteiger partial charge in [-0.3, -0.25) is 19.2 Å². The Labute approximate surface area is 202 Å². The van der Waals surface area contributed by atoms with Crippen molar-refractivity contribution in [2.24, 2.45) is 11.5 Å². The highest BCUT2D eigenvalue weighted by Gasteiger charge is 2.31. The van der Waals surface area contributed by atoms with Gasteiger partial charge >= 0.3 is 11.9 Å². The molecule has 13 nitrogen and oxygen atoms in total. The number of unbranched alkanes of at least 4 members (excludes halogenated alkanes) is 1. The predicted molar refractivity (Wildman–Crippen MR) is 124 cm³/mol. The Morgan fingerprint density at radius 2 is 1.40 bits per heavy atom. The van der Waals surface area contributed by atoms with Crippen LogP contribution in [0.1, 0.15) is 31.2 Å². The number of aliphatic hydroxyl groups is 1. The number of hydrogen-bond acceptors (Lipinski definition) is 8. The Morgan fingerprint density at radius 3 is 1.94 bits per heavy atom. The Hall–Kier alpha value is -3.55. The largest absolute Gasteiger partial charge is 0.481 e. The summed E-state index contributed by atoms with van der Waals surface area (Å²) in [6.45, 7) is -0.497. The lowest BCUT2D eigenvalue weighted by Gasteiger charge is -2.24. The molecule has 3 amide bonds. The minimum Gasteiger partial charge on any atom is -0.481 e. The van der Waals surface area contributed by atoms with E-state index in [1.165, 1.54) is 0 Å². The molecule has 0 aliphatic heterocycles. The van der Waals surface area contributed by atoms with Crippen molar-refractivity contribution in [3.63, 3.8) is 0 Å². The minimum absolute atomic E-state index is 0.0176. The van der Waals surface area contributed by atoms with Crippen molar-refractivity contribution in [2.45, 2.75) is 56.3 Å². The number of amides is 3. The molecule has 4 atom stereocenters. The molecule has 1 aromatic carbocycles. The number of aliphatic carboxylic acids is 2. The van der Waals surface area contributed by atoms with Crippen LogP contribution >= 0.6 is 0 Å². The number of carbonyl (C=O) groups is 5. The van der Waals surface area contributed by atoms with Crippen LogP contribution in [0.25, 0.3) is 0 Å². The smallest absolute Gasteiger partial charge is 0.328 e. The zero-order chi connectivity index (χ0) is 26.4. The Balaban J connectivity index is 3.04. The molecule has 194 valence electrons. The maximum Gasteiger partial charge on any atom is 0.328 e. The average Bonchev–Trinajstić information content (AvgIpc) is 2.81. The van der Waals surface area contributed by atoms with Gasteiger partial charge in [0.25, 0.3) is 0 Å². The van der Waals surface area contributed by atoms with Crippen LogP contribution in [-0.4, -0.2) is 82.3 Å². The SMILES string of the molecule is NCCCCC(N)C(=O)NC(Cc1ccccc1)C(=O)NC(CC(=O)O)C(=O)NC(CO)C(=O)O. The second-order valence-electron chi connectivity index (χ2n) is 7.88. The number of aliphatic hydroxyl groups excluding tert-OH is 1. The number of nitrogens with one attached hydrogen (secondary N) is 3. The van der Waals surface area contributed by atoms with Crippen LogP contribution in [0.2, 0.25) is 0 Å². The van der Waals surface area contributed by atoms with Crippen LogP contribution in [0, 0.1) is 0 Å². The molecule has 0 fully saturated rings. The first-order valence-corrected chi connectivity index (χ1v) is 11.0. The number of carboxylic acid groups (broad SMARTS) is 2. The zero-order valence-corrected chi connectivity index (χ0v) is 19.2. The molecule has 4 unspecified atom stereocenters. The Bertz CT molecular complexity index is 867. The summed E-state index contributed by atoms with van der Waals surface area (Å²) in [5, 5.41) is 34.0. The second kappa shape index (κ2) is 15.4. The Morgan fingerprint density at radius 1 is 0.829 bits per heavy atom. The summed E-state index contributed by atoms with van der Waals surface area (Å²) in [4.78, 5) is 60.4. The fraction of sp³-hybridized carbons (Fsp3) is 0.500. The lowest BCUT2D eigenvalue weighted by Crippen LogP contribution is -2.58. The lowest BCUT2D eigenvalue weighted by atomic mass is 10.0. The molecule has 0 aliphatic rings. The summed E-state index contributed by atoms with van der Waals surface area (Å²) < 4.78 is 0. The van der Waals surface area contributed by atoms with Gasteiger partial charge in [0.15, 0.2) is 0 Å². The maximum atomic E-state index is 13.0. The normalized spacial score (nSPS) is 14.1. The maximum absolute atomic E-state index is 13.0. The van der Waals surface area contributed by atoms with Crippen molar-refractivity contribution in [3.8, 4) is 0 Å². The lowest BCUT2D eigenvalue weighted by molar-refractivity contribution is -0.144. The third kappa shape index (κ3) is 10.9. The molecule has 0 spiro atoms. The molecule has 13 heteroatoms. The van der Waals surface area contributed by atoms with Gasteiger partial charge in [-0.15, -0.1) is 0 Å². The second-order valence-corrected chi connectivity index (χ2v) is 7.88. The number of nitrogens with two attached hydrogens (primary N) is 2. The minimum atomic E-state index is -1.69. The van der Waals surface area contributed by atoms with Crippen molar-refractivity contribution in [2.75, 3.05) is 13.2 Å². The molecular weight excluding hydrogens is 462 g/mol. The van der Waals surface area contributed by atoms with Gasteiger partial charge in [-0.1, -0.05) is 36.8 Å². The van der Waals surface area contributed by atoms with Crippen molar-refractivity contribution < 1.29 is 39.3 Å². The van der Waals surface area contributed by atoms with E-state index in [2.05, 4.69) is 10.6 Å². The van der Waals surface area contributed by atoms with Gasteiger partial charge < -0.3 is 42.7 Å². The van der Waals surface area contributed by atoms with Crippen LogP contribution in [0.4, 0.5) is 0 Å². The number of hydrogen-bond donors (Lipinski definition) is 8. The molecule has 0 heterocycles. The van der Waals surface area contributed by atoms with Crippen molar-refractivity contribution >= 4 is 29.7 Å². The van der Waals surface area contributed by atoms with Crippen LogP contribution in [0.5, 0.6) is 0 Å². The van der Waals surface area contributed by atoms with E-state index in [9.17, 15) is 24.0 Å². The number of benzene rings is 1. The van der Waals surface area contributed by atoms with Gasteiger partial charge in [-0.05, 0) is 24.9 Å². The summed E-state index contributed by atoms with van der Waals surface area (Å²) >= 11 is 0. The van der Waals surface area contributed by atoms with Crippen LogP contribution in [-0.2, 0) is 30.4 Å². The molecule has 1 aromatic rings. The molecule has 10 N–H and O–H groups in total. The van der Waals surface area contributed by atoms with Crippen LogP contribution in [0.3, 0.4) is 0 Å². The topological polar surface area (TPSA) is 234 Å². The standard InChI is InChI=1S/C22H33N5O8/c23-9-5-4-8-14(24)19(31)25-15(10-13-6-2-1-3-7-13)20(32)26-16(11-18(29)30)21(33)27-17(12-28)22(34)35/h1-3,6-7,14-17,28H,4-5,8-12,23-24H2,(H,25,31)(H,26,32)(H,27,33)(H,29,30)(H,34,35). The number of rotatable bonds is 16. The highest BCUT2D eigenvalue weighted by atomic mass is 16.4. The molecule has 1 rings (SSSR count). The first-order chi connectivity index (χ1) is 16.6. The number of carbonyl (C=O) groups excluding carboxylic acids is 3. The van der Waals surface area contributed by atoms with E-state index in [1.54, 1.807) is 30.3 Å². The molecule has 0 saturated carbocycles. The van der Waals surface area contributed by atoms with Gasteiger partial charge in [0.2, 0.25) is 17.7 Å². The van der Waals surface area contributed by atoms with E-state index >= 15 is 0 Å². The van der Waals surface area contributed by atoms with Crippen molar-refractivity contribution in [1.29, 1.82) is 0 Å². The van der Waals surface area contributed by atoms with E-state index < -0.39 is 66.9 Å². The predicted octanol–water partition coefficient (Wildman–Crippen LogP) is -2.31. The quantitative estimate of drug-likeness (QED) is 0.114. The van der Waals surface area contributed by atoms with Gasteiger partial charge in [0.1, 0.15) is 18.1 Å². The molecule has 0 aliphatic carbocycles. The van der Waals surface area contributed by atoms with Crippen LogP contribution < -0.4 is 27.4 Å². The fourth-order valence-corrected chi connectivity index (χ4v) is 3.09. The third-order valence-corrected chi connectivity index (χ3v) is 5.03. The third-order valence-electron chi connectivity index (χ3n) is 5.03. The van der Waals surface area contributed by atoms with E-state index in [4.69, 9.17) is 26.8 Å². The molecule has 0 radical (unpaired) electrons.